The first-order chi connectivity index (χ1) is 10.1. The van der Waals surface area contributed by atoms with Gasteiger partial charge in [0, 0.05) is 38.3 Å². The fourth-order valence-corrected chi connectivity index (χ4v) is 2.85. The van der Waals surface area contributed by atoms with Crippen LogP contribution in [0.1, 0.15) is 44.7 Å². The molecular formula is C17H27N3O. The minimum Gasteiger partial charge on any atom is -0.372 e. The highest BCUT2D eigenvalue weighted by atomic mass is 16.1. The van der Waals surface area contributed by atoms with Crippen molar-refractivity contribution in [2.24, 2.45) is 11.7 Å². The second kappa shape index (κ2) is 7.46. The van der Waals surface area contributed by atoms with Gasteiger partial charge in [-0.3, -0.25) is 4.79 Å². The number of hydrogen-bond acceptors (Lipinski definition) is 3. The third-order valence-electron chi connectivity index (χ3n) is 4.38. The summed E-state index contributed by atoms with van der Waals surface area (Å²) in [6.07, 6.45) is 3.24. The van der Waals surface area contributed by atoms with Gasteiger partial charge in [-0.1, -0.05) is 19.1 Å². The van der Waals surface area contributed by atoms with Crippen molar-refractivity contribution < 1.29 is 4.79 Å². The predicted octanol–water partition coefficient (Wildman–Crippen LogP) is 2.45. The number of piperidine rings is 1. The van der Waals surface area contributed by atoms with Gasteiger partial charge in [0.15, 0.2) is 0 Å². The molecule has 1 aromatic rings. The summed E-state index contributed by atoms with van der Waals surface area (Å²) in [7, 11) is 0. The van der Waals surface area contributed by atoms with Crippen LogP contribution in [0, 0.1) is 5.92 Å². The smallest absolute Gasteiger partial charge is 0.216 e. The van der Waals surface area contributed by atoms with Gasteiger partial charge < -0.3 is 16.0 Å². The zero-order valence-electron chi connectivity index (χ0n) is 13.1. The van der Waals surface area contributed by atoms with E-state index in [1.54, 1.807) is 6.92 Å². The Bertz CT molecular complexity index is 450. The Morgan fingerprint density at radius 2 is 1.95 bits per heavy atom. The number of nitrogens with zero attached hydrogens (tertiary/aromatic N) is 1. The third-order valence-corrected chi connectivity index (χ3v) is 4.38. The van der Waals surface area contributed by atoms with Crippen LogP contribution in [0.5, 0.6) is 0 Å². The van der Waals surface area contributed by atoms with Gasteiger partial charge in [0.1, 0.15) is 0 Å². The van der Waals surface area contributed by atoms with Crippen LogP contribution in [0.4, 0.5) is 5.69 Å². The van der Waals surface area contributed by atoms with E-state index in [2.05, 4.69) is 41.4 Å². The van der Waals surface area contributed by atoms with Gasteiger partial charge in [-0.2, -0.15) is 0 Å². The summed E-state index contributed by atoms with van der Waals surface area (Å²) < 4.78 is 0. The van der Waals surface area contributed by atoms with Gasteiger partial charge in [0.2, 0.25) is 5.91 Å². The lowest BCUT2D eigenvalue weighted by Gasteiger charge is -2.33. The molecule has 3 N–H and O–H groups in total. The Kier molecular flexibility index (Phi) is 5.62. The van der Waals surface area contributed by atoms with Crippen molar-refractivity contribution in [1.82, 2.24) is 5.32 Å². The van der Waals surface area contributed by atoms with Gasteiger partial charge in [0.25, 0.3) is 0 Å². The molecule has 0 radical (unpaired) electrons. The highest BCUT2D eigenvalue weighted by Crippen LogP contribution is 2.24. The number of hydrogen-bond donors (Lipinski definition) is 2. The summed E-state index contributed by atoms with van der Waals surface area (Å²) >= 11 is 0. The first-order valence-electron chi connectivity index (χ1n) is 7.95. The van der Waals surface area contributed by atoms with Gasteiger partial charge in [-0.05, 0) is 42.9 Å². The molecule has 1 heterocycles. The van der Waals surface area contributed by atoms with E-state index in [4.69, 9.17) is 5.73 Å². The first kappa shape index (κ1) is 15.8. The summed E-state index contributed by atoms with van der Waals surface area (Å²) in [6.45, 7) is 6.62. The maximum Gasteiger partial charge on any atom is 0.216 e. The molecule has 1 amide bonds. The molecule has 4 heteroatoms. The molecule has 1 saturated heterocycles. The molecule has 0 aromatic heterocycles. The van der Waals surface area contributed by atoms with Crippen molar-refractivity contribution >= 4 is 11.6 Å². The number of benzene rings is 1. The number of amides is 1. The Morgan fingerprint density at radius 1 is 1.33 bits per heavy atom. The molecule has 1 aliphatic heterocycles. The Labute approximate surface area is 127 Å². The highest BCUT2D eigenvalue weighted by molar-refractivity contribution is 5.72. The molecule has 0 spiro atoms. The molecule has 4 nitrogen and oxygen atoms in total. The number of anilines is 1. The molecule has 1 aromatic carbocycles. The summed E-state index contributed by atoms with van der Waals surface area (Å²) in [6, 6.07) is 8.79. The van der Waals surface area contributed by atoms with E-state index in [1.165, 1.54) is 11.3 Å². The lowest BCUT2D eigenvalue weighted by molar-refractivity contribution is -0.119. The van der Waals surface area contributed by atoms with Crippen LogP contribution in [0.3, 0.4) is 0 Å². The van der Waals surface area contributed by atoms with Crippen molar-refractivity contribution in [3.8, 4) is 0 Å². The van der Waals surface area contributed by atoms with E-state index in [9.17, 15) is 4.79 Å². The van der Waals surface area contributed by atoms with Gasteiger partial charge in [0.05, 0.1) is 0 Å². The lowest BCUT2D eigenvalue weighted by Crippen LogP contribution is -2.38. The van der Waals surface area contributed by atoms with Crippen molar-refractivity contribution in [2.45, 2.75) is 39.2 Å². The molecule has 0 saturated carbocycles. The monoisotopic (exact) mass is 289 g/mol. The predicted molar refractivity (Wildman–Crippen MR) is 87.3 cm³/mol. The van der Waals surface area contributed by atoms with E-state index >= 15 is 0 Å². The third kappa shape index (κ3) is 4.46. The average molecular weight is 289 g/mol. The molecule has 116 valence electrons. The van der Waals surface area contributed by atoms with Crippen LogP contribution in [-0.4, -0.2) is 25.5 Å². The van der Waals surface area contributed by atoms with Crippen LogP contribution >= 0.6 is 0 Å². The number of rotatable bonds is 5. The zero-order valence-corrected chi connectivity index (χ0v) is 13.1. The fourth-order valence-electron chi connectivity index (χ4n) is 2.85. The van der Waals surface area contributed by atoms with Crippen molar-refractivity contribution in [2.75, 3.05) is 24.5 Å². The van der Waals surface area contributed by atoms with E-state index in [1.807, 2.05) is 0 Å². The fraction of sp³-hybridized carbons (Fsp3) is 0.588. The lowest BCUT2D eigenvalue weighted by atomic mass is 9.96. The second-order valence-corrected chi connectivity index (χ2v) is 5.97. The van der Waals surface area contributed by atoms with Gasteiger partial charge >= 0.3 is 0 Å². The Morgan fingerprint density at radius 3 is 2.48 bits per heavy atom. The van der Waals surface area contributed by atoms with Crippen LogP contribution in [0.2, 0.25) is 0 Å². The van der Waals surface area contributed by atoms with E-state index in [0.29, 0.717) is 5.92 Å². The topological polar surface area (TPSA) is 58.4 Å². The molecular weight excluding hydrogens is 262 g/mol. The SMILES string of the molecule is CCC(N)c1ccc(N2CCC(CNC(C)=O)CC2)cc1. The van der Waals surface area contributed by atoms with Crippen molar-refractivity contribution in [3.63, 3.8) is 0 Å². The second-order valence-electron chi connectivity index (χ2n) is 5.97. The number of nitrogens with one attached hydrogen (secondary N) is 1. The van der Waals surface area contributed by atoms with Crippen molar-refractivity contribution in [1.29, 1.82) is 0 Å². The minimum atomic E-state index is 0.0697. The Balaban J connectivity index is 1.86. The maximum atomic E-state index is 11.0. The molecule has 21 heavy (non-hydrogen) atoms. The highest BCUT2D eigenvalue weighted by Gasteiger charge is 2.19. The van der Waals surface area contributed by atoms with E-state index < -0.39 is 0 Å². The van der Waals surface area contributed by atoms with E-state index in [-0.39, 0.29) is 11.9 Å². The van der Waals surface area contributed by atoms with Gasteiger partial charge in [-0.25, -0.2) is 0 Å². The largest absolute Gasteiger partial charge is 0.372 e. The van der Waals surface area contributed by atoms with Crippen LogP contribution in [-0.2, 0) is 4.79 Å². The average Bonchev–Trinajstić information content (AvgIpc) is 2.53. The summed E-state index contributed by atoms with van der Waals surface area (Å²) in [5, 5.41) is 2.92. The molecule has 0 bridgehead atoms. The molecule has 1 atom stereocenters. The molecule has 1 unspecified atom stereocenters. The summed E-state index contributed by atoms with van der Waals surface area (Å²) in [5.74, 6) is 0.679. The normalized spacial score (nSPS) is 17.6. The van der Waals surface area contributed by atoms with Crippen molar-refractivity contribution in [3.05, 3.63) is 29.8 Å². The standard InChI is InChI=1S/C17H27N3O/c1-3-17(18)15-4-6-16(7-5-15)20-10-8-14(9-11-20)12-19-13(2)21/h4-7,14,17H,3,8-12,18H2,1-2H3,(H,19,21). The Hall–Kier alpha value is -1.55. The van der Waals surface area contributed by atoms with Crippen LogP contribution in [0.15, 0.2) is 24.3 Å². The number of nitrogens with two attached hydrogens (primary N) is 1. The van der Waals surface area contributed by atoms with Gasteiger partial charge in [-0.15, -0.1) is 0 Å². The summed E-state index contributed by atoms with van der Waals surface area (Å²) in [4.78, 5) is 13.4. The molecule has 2 rings (SSSR count). The first-order valence-corrected chi connectivity index (χ1v) is 7.95. The zero-order chi connectivity index (χ0) is 15.2. The minimum absolute atomic E-state index is 0.0697. The molecule has 0 aliphatic carbocycles. The quantitative estimate of drug-likeness (QED) is 0.875. The van der Waals surface area contributed by atoms with Crippen LogP contribution < -0.4 is 16.0 Å². The maximum absolute atomic E-state index is 11.0. The number of carbonyl (C=O) groups excluding carboxylic acids is 1. The van der Waals surface area contributed by atoms with Crippen LogP contribution in [0.25, 0.3) is 0 Å². The summed E-state index contributed by atoms with van der Waals surface area (Å²) in [5.41, 5.74) is 8.54. The number of carbonyl (C=O) groups is 1. The molecule has 1 aliphatic rings. The molecule has 1 fully saturated rings. The van der Waals surface area contributed by atoms with E-state index in [0.717, 1.165) is 38.9 Å².